The minimum atomic E-state index is -3.88. The first kappa shape index (κ1) is 20.5. The standard InChI is InChI=1S/C17H16Cl2FNO4S2/c18-12-1-6-16(19)17(11-12)27(24,25)21-9-7-15(8-10-21)26(22,23)14-4-2-13(20)3-5-14/h1-6,11,15H,7-10H2. The van der Waals surface area contributed by atoms with Crippen LogP contribution in [0, 0.1) is 5.82 Å². The summed E-state index contributed by atoms with van der Waals surface area (Å²) in [5, 5.41) is -0.434. The van der Waals surface area contributed by atoms with Gasteiger partial charge in [-0.2, -0.15) is 4.31 Å². The van der Waals surface area contributed by atoms with E-state index in [1.807, 2.05) is 0 Å². The number of benzene rings is 2. The second-order valence-electron chi connectivity index (χ2n) is 6.18. The van der Waals surface area contributed by atoms with Crippen molar-refractivity contribution in [3.63, 3.8) is 0 Å². The van der Waals surface area contributed by atoms with Crippen LogP contribution in [0.25, 0.3) is 0 Å². The summed E-state index contributed by atoms with van der Waals surface area (Å²) in [6, 6.07) is 8.80. The van der Waals surface area contributed by atoms with Crippen molar-refractivity contribution in [1.82, 2.24) is 4.31 Å². The Kier molecular flexibility index (Phi) is 5.84. The highest BCUT2D eigenvalue weighted by Crippen LogP contribution is 2.31. The molecule has 0 radical (unpaired) electrons. The van der Waals surface area contributed by atoms with E-state index in [0.717, 1.165) is 12.1 Å². The van der Waals surface area contributed by atoms with E-state index in [1.165, 1.54) is 34.6 Å². The first-order valence-corrected chi connectivity index (χ1v) is 11.8. The summed E-state index contributed by atoms with van der Waals surface area (Å²) >= 11 is 11.9. The van der Waals surface area contributed by atoms with E-state index in [1.54, 1.807) is 0 Å². The minimum Gasteiger partial charge on any atom is -0.223 e. The average molecular weight is 452 g/mol. The quantitative estimate of drug-likeness (QED) is 0.663. The summed E-state index contributed by atoms with van der Waals surface area (Å²) in [7, 11) is -7.54. The number of piperidine rings is 1. The average Bonchev–Trinajstić information content (AvgIpc) is 2.64. The lowest BCUT2D eigenvalue weighted by Crippen LogP contribution is -2.42. The van der Waals surface area contributed by atoms with Crippen LogP contribution < -0.4 is 0 Å². The van der Waals surface area contributed by atoms with Gasteiger partial charge in [-0.05, 0) is 55.3 Å². The Hall–Kier alpha value is -1.19. The molecule has 1 aliphatic heterocycles. The van der Waals surface area contributed by atoms with Crippen LogP contribution in [0.3, 0.4) is 0 Å². The Labute approximate surface area is 167 Å². The predicted molar refractivity (Wildman–Crippen MR) is 102 cm³/mol. The largest absolute Gasteiger partial charge is 0.244 e. The number of halogens is 3. The molecule has 27 heavy (non-hydrogen) atoms. The highest BCUT2D eigenvalue weighted by atomic mass is 35.5. The van der Waals surface area contributed by atoms with Gasteiger partial charge in [0.2, 0.25) is 10.0 Å². The fourth-order valence-corrected chi connectivity index (χ4v) is 6.95. The SMILES string of the molecule is O=S(=O)(c1ccc(F)cc1)C1CCN(S(=O)(=O)c2cc(Cl)ccc2Cl)CC1. The fraction of sp³-hybridized carbons (Fsp3) is 0.294. The summed E-state index contributed by atoms with van der Waals surface area (Å²) in [5.41, 5.74) is 0. The zero-order valence-electron chi connectivity index (χ0n) is 14.0. The van der Waals surface area contributed by atoms with Crippen molar-refractivity contribution in [1.29, 1.82) is 0 Å². The molecular weight excluding hydrogens is 436 g/mol. The van der Waals surface area contributed by atoms with Crippen molar-refractivity contribution >= 4 is 43.1 Å². The monoisotopic (exact) mass is 451 g/mol. The molecule has 0 amide bonds. The van der Waals surface area contributed by atoms with E-state index in [9.17, 15) is 21.2 Å². The van der Waals surface area contributed by atoms with E-state index in [0.29, 0.717) is 0 Å². The normalized spacial score (nSPS) is 17.1. The van der Waals surface area contributed by atoms with E-state index >= 15 is 0 Å². The molecule has 1 saturated heterocycles. The molecule has 1 heterocycles. The van der Waals surface area contributed by atoms with Crippen LogP contribution in [0.15, 0.2) is 52.3 Å². The second kappa shape index (κ2) is 7.67. The number of sulfone groups is 1. The predicted octanol–water partition coefficient (Wildman–Crippen LogP) is 3.76. The molecule has 3 rings (SSSR count). The highest BCUT2D eigenvalue weighted by Gasteiger charge is 2.36. The van der Waals surface area contributed by atoms with Gasteiger partial charge in [0.25, 0.3) is 0 Å². The van der Waals surface area contributed by atoms with E-state index in [4.69, 9.17) is 23.2 Å². The molecule has 10 heteroatoms. The van der Waals surface area contributed by atoms with Crippen LogP contribution in [-0.2, 0) is 19.9 Å². The Bertz CT molecular complexity index is 1050. The second-order valence-corrected chi connectivity index (χ2v) is 11.2. The molecule has 2 aromatic carbocycles. The van der Waals surface area contributed by atoms with Gasteiger partial charge >= 0.3 is 0 Å². The third-order valence-electron chi connectivity index (χ3n) is 4.49. The maximum Gasteiger partial charge on any atom is 0.244 e. The van der Waals surface area contributed by atoms with Crippen molar-refractivity contribution in [2.24, 2.45) is 0 Å². The number of rotatable bonds is 4. The Balaban J connectivity index is 1.78. The van der Waals surface area contributed by atoms with Gasteiger partial charge in [-0.3, -0.25) is 0 Å². The topological polar surface area (TPSA) is 71.5 Å². The summed E-state index contributed by atoms with van der Waals surface area (Å²) in [6.45, 7) is 0.0759. The van der Waals surface area contributed by atoms with Crippen molar-refractivity contribution in [3.8, 4) is 0 Å². The number of sulfonamides is 1. The summed E-state index contributed by atoms with van der Waals surface area (Å²) in [4.78, 5) is -0.0698. The molecule has 1 fully saturated rings. The zero-order valence-corrected chi connectivity index (χ0v) is 17.1. The smallest absolute Gasteiger partial charge is 0.223 e. The van der Waals surface area contributed by atoms with Gasteiger partial charge in [-0.15, -0.1) is 0 Å². The van der Waals surface area contributed by atoms with Crippen molar-refractivity contribution in [2.45, 2.75) is 27.9 Å². The first-order valence-electron chi connectivity index (χ1n) is 8.07. The first-order chi connectivity index (χ1) is 12.6. The molecule has 0 saturated carbocycles. The molecule has 0 N–H and O–H groups in total. The number of nitrogens with zero attached hydrogens (tertiary/aromatic N) is 1. The third-order valence-corrected chi connectivity index (χ3v) is 9.39. The van der Waals surface area contributed by atoms with Crippen LogP contribution in [0.5, 0.6) is 0 Å². The van der Waals surface area contributed by atoms with Crippen LogP contribution in [0.4, 0.5) is 4.39 Å². The van der Waals surface area contributed by atoms with Gasteiger partial charge in [-0.1, -0.05) is 23.2 Å². The summed E-state index contributed by atoms with van der Waals surface area (Å²) in [6.07, 6.45) is 0.272. The summed E-state index contributed by atoms with van der Waals surface area (Å²) < 4.78 is 65.3. The van der Waals surface area contributed by atoms with Crippen molar-refractivity contribution in [3.05, 3.63) is 58.3 Å². The lowest BCUT2D eigenvalue weighted by molar-refractivity contribution is 0.345. The Morgan fingerprint density at radius 1 is 0.926 bits per heavy atom. The number of hydrogen-bond donors (Lipinski definition) is 0. The lowest BCUT2D eigenvalue weighted by Gasteiger charge is -2.31. The molecule has 1 aliphatic rings. The number of hydrogen-bond acceptors (Lipinski definition) is 4. The third kappa shape index (κ3) is 4.14. The Morgan fingerprint density at radius 3 is 2.11 bits per heavy atom. The molecule has 0 atom stereocenters. The lowest BCUT2D eigenvalue weighted by atomic mass is 10.2. The van der Waals surface area contributed by atoms with Gasteiger partial charge in [-0.25, -0.2) is 21.2 Å². The molecule has 0 aliphatic carbocycles. The van der Waals surface area contributed by atoms with Crippen LogP contribution >= 0.6 is 23.2 Å². The van der Waals surface area contributed by atoms with Crippen molar-refractivity contribution < 1.29 is 21.2 Å². The van der Waals surface area contributed by atoms with Gasteiger partial charge in [0.1, 0.15) is 10.7 Å². The molecule has 0 spiro atoms. The highest BCUT2D eigenvalue weighted by molar-refractivity contribution is 7.92. The van der Waals surface area contributed by atoms with Crippen LogP contribution in [0.1, 0.15) is 12.8 Å². The van der Waals surface area contributed by atoms with Crippen LogP contribution in [0.2, 0.25) is 10.0 Å². The fourth-order valence-electron chi connectivity index (χ4n) is 3.01. The zero-order chi connectivity index (χ0) is 19.8. The van der Waals surface area contributed by atoms with E-state index < -0.39 is 30.9 Å². The molecular formula is C17H16Cl2FNO4S2. The molecule has 0 unspecified atom stereocenters. The van der Waals surface area contributed by atoms with Gasteiger partial charge < -0.3 is 0 Å². The Morgan fingerprint density at radius 2 is 1.52 bits per heavy atom. The molecule has 2 aromatic rings. The van der Waals surface area contributed by atoms with Crippen molar-refractivity contribution in [2.75, 3.05) is 13.1 Å². The minimum absolute atomic E-state index is 0.0306. The van der Waals surface area contributed by atoms with Gasteiger partial charge in [0.15, 0.2) is 9.84 Å². The molecule has 5 nitrogen and oxygen atoms in total. The van der Waals surface area contributed by atoms with E-state index in [-0.39, 0.29) is 45.8 Å². The maximum absolute atomic E-state index is 13.0. The van der Waals surface area contributed by atoms with Gasteiger partial charge in [0.05, 0.1) is 15.2 Å². The molecule has 0 aromatic heterocycles. The molecule has 0 bridgehead atoms. The van der Waals surface area contributed by atoms with E-state index in [2.05, 4.69) is 0 Å². The van der Waals surface area contributed by atoms with Crippen LogP contribution in [-0.4, -0.2) is 39.5 Å². The summed E-state index contributed by atoms with van der Waals surface area (Å²) in [5.74, 6) is -0.520. The van der Waals surface area contributed by atoms with Gasteiger partial charge in [0, 0.05) is 18.1 Å². The molecule has 146 valence electrons. The maximum atomic E-state index is 13.0.